The Hall–Kier alpha value is -1.55. The fourth-order valence-electron chi connectivity index (χ4n) is 2.87. The van der Waals surface area contributed by atoms with Crippen molar-refractivity contribution in [3.8, 4) is 5.75 Å². The van der Waals surface area contributed by atoms with Crippen molar-refractivity contribution in [1.29, 1.82) is 0 Å². The molecular formula is C17H25NO3. The van der Waals surface area contributed by atoms with E-state index < -0.39 is 0 Å². The summed E-state index contributed by atoms with van der Waals surface area (Å²) in [6, 6.07) is 7.75. The fourth-order valence-corrected chi connectivity index (χ4v) is 2.87. The number of hydrogen-bond acceptors (Lipinski definition) is 3. The Bertz CT molecular complexity index is 475. The number of aliphatic hydroxyl groups excluding tert-OH is 1. The molecule has 0 spiro atoms. The van der Waals surface area contributed by atoms with Crippen molar-refractivity contribution in [2.24, 2.45) is 0 Å². The van der Waals surface area contributed by atoms with Gasteiger partial charge in [-0.05, 0) is 31.4 Å². The van der Waals surface area contributed by atoms with Crippen molar-refractivity contribution in [2.45, 2.75) is 51.2 Å². The highest BCUT2D eigenvalue weighted by Crippen LogP contribution is 2.23. The fraction of sp³-hybridized carbons (Fsp3) is 0.588. The van der Waals surface area contributed by atoms with E-state index in [-0.39, 0.29) is 18.1 Å². The largest absolute Gasteiger partial charge is 0.493 e. The molecule has 1 aliphatic rings. The van der Waals surface area contributed by atoms with Crippen LogP contribution in [-0.2, 0) is 4.79 Å². The summed E-state index contributed by atoms with van der Waals surface area (Å²) in [7, 11) is 1.79. The maximum Gasteiger partial charge on any atom is 0.226 e. The van der Waals surface area contributed by atoms with Crippen LogP contribution in [0.3, 0.4) is 0 Å². The van der Waals surface area contributed by atoms with Crippen molar-refractivity contribution in [2.75, 3.05) is 13.7 Å². The molecule has 4 nitrogen and oxygen atoms in total. The zero-order valence-corrected chi connectivity index (χ0v) is 12.9. The minimum Gasteiger partial charge on any atom is -0.493 e. The molecule has 1 aromatic rings. The van der Waals surface area contributed by atoms with E-state index in [0.717, 1.165) is 37.0 Å². The minimum atomic E-state index is -0.384. The van der Waals surface area contributed by atoms with E-state index in [9.17, 15) is 9.90 Å². The second-order valence-corrected chi connectivity index (χ2v) is 5.79. The number of para-hydroxylation sites is 1. The number of aryl methyl sites for hydroxylation is 1. The lowest BCUT2D eigenvalue weighted by Gasteiger charge is -2.35. The molecule has 1 N–H and O–H groups in total. The predicted octanol–water partition coefficient (Wildman–Crippen LogP) is 2.53. The van der Waals surface area contributed by atoms with E-state index in [1.54, 1.807) is 11.9 Å². The number of benzene rings is 1. The smallest absolute Gasteiger partial charge is 0.226 e. The quantitative estimate of drug-likeness (QED) is 0.907. The molecule has 1 saturated carbocycles. The van der Waals surface area contributed by atoms with Crippen LogP contribution in [0.1, 0.15) is 37.7 Å². The van der Waals surface area contributed by atoms with E-state index in [1.165, 1.54) is 0 Å². The zero-order valence-electron chi connectivity index (χ0n) is 12.9. The lowest BCUT2D eigenvalue weighted by Crippen LogP contribution is -2.46. The van der Waals surface area contributed by atoms with Crippen molar-refractivity contribution < 1.29 is 14.6 Å². The molecule has 0 heterocycles. The van der Waals surface area contributed by atoms with Crippen molar-refractivity contribution in [1.82, 2.24) is 4.90 Å². The topological polar surface area (TPSA) is 49.8 Å². The molecule has 2 atom stereocenters. The van der Waals surface area contributed by atoms with Crippen LogP contribution >= 0.6 is 0 Å². The van der Waals surface area contributed by atoms with E-state index in [1.807, 2.05) is 31.2 Å². The Morgan fingerprint density at radius 1 is 1.33 bits per heavy atom. The number of ether oxygens (including phenoxy) is 1. The maximum atomic E-state index is 12.2. The lowest BCUT2D eigenvalue weighted by atomic mass is 9.91. The minimum absolute atomic E-state index is 0.0366. The van der Waals surface area contributed by atoms with Gasteiger partial charge in [-0.1, -0.05) is 31.0 Å². The van der Waals surface area contributed by atoms with Gasteiger partial charge in [-0.2, -0.15) is 0 Å². The summed E-state index contributed by atoms with van der Waals surface area (Å²) >= 11 is 0. The first kappa shape index (κ1) is 15.8. The van der Waals surface area contributed by atoms with Gasteiger partial charge in [0.25, 0.3) is 0 Å². The summed E-state index contributed by atoms with van der Waals surface area (Å²) in [5.41, 5.74) is 1.07. The molecule has 21 heavy (non-hydrogen) atoms. The molecule has 1 aromatic carbocycles. The van der Waals surface area contributed by atoms with E-state index in [4.69, 9.17) is 4.74 Å². The molecule has 1 fully saturated rings. The van der Waals surface area contributed by atoms with E-state index in [0.29, 0.717) is 13.0 Å². The first-order chi connectivity index (χ1) is 10.1. The number of rotatable bonds is 5. The Morgan fingerprint density at radius 3 is 2.76 bits per heavy atom. The molecule has 4 heteroatoms. The van der Waals surface area contributed by atoms with Crippen LogP contribution in [0.15, 0.2) is 24.3 Å². The maximum absolute atomic E-state index is 12.2. The molecule has 2 unspecified atom stereocenters. The average Bonchev–Trinajstić information content (AvgIpc) is 2.49. The summed E-state index contributed by atoms with van der Waals surface area (Å²) in [6.45, 7) is 2.36. The normalized spacial score (nSPS) is 21.9. The summed E-state index contributed by atoms with van der Waals surface area (Å²) in [4.78, 5) is 13.9. The number of likely N-dealkylation sites (N-methyl/N-ethyl adjacent to an activating group) is 1. The van der Waals surface area contributed by atoms with Gasteiger partial charge in [0.2, 0.25) is 5.91 Å². The number of carbonyl (C=O) groups excluding carboxylic acids is 1. The van der Waals surface area contributed by atoms with Crippen LogP contribution < -0.4 is 4.74 Å². The second kappa shape index (κ2) is 7.46. The van der Waals surface area contributed by atoms with Crippen molar-refractivity contribution in [3.63, 3.8) is 0 Å². The molecule has 0 aromatic heterocycles. The van der Waals surface area contributed by atoms with Gasteiger partial charge in [0.1, 0.15) is 5.75 Å². The third kappa shape index (κ3) is 4.21. The molecule has 0 radical (unpaired) electrons. The third-order valence-corrected chi connectivity index (χ3v) is 4.25. The Balaban J connectivity index is 1.80. The summed E-state index contributed by atoms with van der Waals surface area (Å²) in [5.74, 6) is 0.861. The predicted molar refractivity (Wildman–Crippen MR) is 82.3 cm³/mol. The first-order valence-corrected chi connectivity index (χ1v) is 7.71. The van der Waals surface area contributed by atoms with Gasteiger partial charge >= 0.3 is 0 Å². The van der Waals surface area contributed by atoms with Crippen molar-refractivity contribution in [3.05, 3.63) is 29.8 Å². The van der Waals surface area contributed by atoms with Crippen LogP contribution in [0.4, 0.5) is 0 Å². The summed E-state index contributed by atoms with van der Waals surface area (Å²) < 4.78 is 5.66. The number of nitrogens with zero attached hydrogens (tertiary/aromatic N) is 1. The number of carbonyl (C=O) groups is 1. The van der Waals surface area contributed by atoms with E-state index >= 15 is 0 Å². The summed E-state index contributed by atoms with van der Waals surface area (Å²) in [6.07, 6.45) is 3.78. The molecule has 0 bridgehead atoms. The highest BCUT2D eigenvalue weighted by Gasteiger charge is 2.29. The Labute approximate surface area is 126 Å². The summed E-state index contributed by atoms with van der Waals surface area (Å²) in [5, 5.41) is 10.0. The third-order valence-electron chi connectivity index (χ3n) is 4.25. The highest BCUT2D eigenvalue weighted by molar-refractivity contribution is 5.76. The highest BCUT2D eigenvalue weighted by atomic mass is 16.5. The van der Waals surface area contributed by atoms with E-state index in [2.05, 4.69) is 0 Å². The van der Waals surface area contributed by atoms with Crippen molar-refractivity contribution >= 4 is 5.91 Å². The van der Waals surface area contributed by atoms with Crippen LogP contribution in [0.5, 0.6) is 5.75 Å². The van der Waals surface area contributed by atoms with Gasteiger partial charge in [-0.3, -0.25) is 4.79 Å². The first-order valence-electron chi connectivity index (χ1n) is 7.71. The van der Waals surface area contributed by atoms with Crippen LogP contribution in [0.25, 0.3) is 0 Å². The van der Waals surface area contributed by atoms with Crippen LogP contribution in [-0.4, -0.2) is 41.7 Å². The van der Waals surface area contributed by atoms with Gasteiger partial charge < -0.3 is 14.7 Å². The average molecular weight is 291 g/mol. The SMILES string of the molecule is Cc1ccccc1OCCC(=O)N(C)C1CCCCC1O. The monoisotopic (exact) mass is 291 g/mol. The van der Waals surface area contributed by atoms with Gasteiger partial charge in [-0.25, -0.2) is 0 Å². The van der Waals surface area contributed by atoms with Gasteiger partial charge in [-0.15, -0.1) is 0 Å². The molecule has 1 amide bonds. The Kier molecular flexibility index (Phi) is 5.62. The number of hydrogen-bond donors (Lipinski definition) is 1. The van der Waals surface area contributed by atoms with Gasteiger partial charge in [0, 0.05) is 7.05 Å². The Morgan fingerprint density at radius 2 is 2.05 bits per heavy atom. The molecule has 1 aliphatic carbocycles. The number of amides is 1. The zero-order chi connectivity index (χ0) is 15.2. The molecule has 0 aliphatic heterocycles. The molecule has 0 saturated heterocycles. The number of aliphatic hydroxyl groups is 1. The molecule has 2 rings (SSSR count). The van der Waals surface area contributed by atoms with Gasteiger partial charge in [0.05, 0.1) is 25.2 Å². The molecule has 116 valence electrons. The van der Waals surface area contributed by atoms with Crippen LogP contribution in [0.2, 0.25) is 0 Å². The molecular weight excluding hydrogens is 266 g/mol. The lowest BCUT2D eigenvalue weighted by molar-refractivity contribution is -0.135. The van der Waals surface area contributed by atoms with Crippen LogP contribution in [0, 0.1) is 6.92 Å². The van der Waals surface area contributed by atoms with Gasteiger partial charge in [0.15, 0.2) is 0 Å². The standard InChI is InChI=1S/C17H25NO3/c1-13-7-3-6-10-16(13)21-12-11-17(20)18(2)14-8-4-5-9-15(14)19/h3,6-7,10,14-15,19H,4-5,8-9,11-12H2,1-2H3. The second-order valence-electron chi connectivity index (χ2n) is 5.79.